The van der Waals surface area contributed by atoms with E-state index in [0.29, 0.717) is 6.42 Å². The van der Waals surface area contributed by atoms with Crippen molar-refractivity contribution >= 4 is 5.84 Å². The van der Waals surface area contributed by atoms with Gasteiger partial charge in [0.05, 0.1) is 11.9 Å². The van der Waals surface area contributed by atoms with Crippen LogP contribution in [0.25, 0.3) is 0 Å². The van der Waals surface area contributed by atoms with E-state index in [1.54, 1.807) is 10.9 Å². The molecule has 11 heavy (non-hydrogen) atoms. The monoisotopic (exact) mass is 152 g/mol. The van der Waals surface area contributed by atoms with Crippen LogP contribution in [0.5, 0.6) is 0 Å². The maximum Gasteiger partial charge on any atom is 0.0926 e. The minimum Gasteiger partial charge on any atom is -0.388 e. The Morgan fingerprint density at radius 1 is 1.82 bits per heavy atom. The van der Waals surface area contributed by atoms with E-state index in [2.05, 4.69) is 5.10 Å². The van der Waals surface area contributed by atoms with Crippen molar-refractivity contribution in [2.24, 2.45) is 5.73 Å². The number of amidine groups is 1. The average Bonchev–Trinajstić information content (AvgIpc) is 2.35. The quantitative estimate of drug-likeness (QED) is 0.496. The van der Waals surface area contributed by atoms with Crippen LogP contribution >= 0.6 is 0 Å². The fraction of sp³-hybridized carbons (Fsp3) is 0.429. The van der Waals surface area contributed by atoms with E-state index in [1.165, 1.54) is 0 Å². The third kappa shape index (κ3) is 2.07. The number of nitrogens with two attached hydrogens (primary N) is 1. The van der Waals surface area contributed by atoms with Gasteiger partial charge in [0.25, 0.3) is 0 Å². The fourth-order valence-corrected chi connectivity index (χ4v) is 0.953. The van der Waals surface area contributed by atoms with Crippen LogP contribution in [0.15, 0.2) is 18.5 Å². The van der Waals surface area contributed by atoms with Crippen LogP contribution in [0.3, 0.4) is 0 Å². The van der Waals surface area contributed by atoms with E-state index in [0.717, 1.165) is 0 Å². The van der Waals surface area contributed by atoms with Crippen molar-refractivity contribution in [3.63, 3.8) is 0 Å². The Labute approximate surface area is 65.5 Å². The van der Waals surface area contributed by atoms with Gasteiger partial charge in [-0.3, -0.25) is 10.1 Å². The molecule has 0 bridgehead atoms. The molecule has 1 aromatic heterocycles. The van der Waals surface area contributed by atoms with Crippen LogP contribution < -0.4 is 5.73 Å². The van der Waals surface area contributed by atoms with Gasteiger partial charge in [0, 0.05) is 18.8 Å². The van der Waals surface area contributed by atoms with Crippen molar-refractivity contribution in [1.29, 1.82) is 5.41 Å². The minimum atomic E-state index is 0.183. The summed E-state index contributed by atoms with van der Waals surface area (Å²) in [5.41, 5.74) is 5.24. The van der Waals surface area contributed by atoms with Crippen LogP contribution in [-0.4, -0.2) is 15.6 Å². The van der Waals surface area contributed by atoms with Crippen LogP contribution in [0.1, 0.15) is 19.4 Å². The van der Waals surface area contributed by atoms with Gasteiger partial charge in [-0.15, -0.1) is 0 Å². The Morgan fingerprint density at radius 3 is 3.00 bits per heavy atom. The molecule has 4 heteroatoms. The number of rotatable bonds is 3. The van der Waals surface area contributed by atoms with Gasteiger partial charge in [-0.05, 0) is 13.0 Å². The first kappa shape index (κ1) is 7.78. The molecule has 0 spiro atoms. The predicted molar refractivity (Wildman–Crippen MR) is 43.5 cm³/mol. The van der Waals surface area contributed by atoms with Crippen molar-refractivity contribution in [1.82, 2.24) is 9.78 Å². The summed E-state index contributed by atoms with van der Waals surface area (Å²) < 4.78 is 1.79. The van der Waals surface area contributed by atoms with E-state index in [-0.39, 0.29) is 11.9 Å². The van der Waals surface area contributed by atoms with E-state index >= 15 is 0 Å². The molecule has 0 aliphatic heterocycles. The van der Waals surface area contributed by atoms with Gasteiger partial charge in [-0.25, -0.2) is 0 Å². The van der Waals surface area contributed by atoms with Crippen molar-refractivity contribution in [3.8, 4) is 0 Å². The van der Waals surface area contributed by atoms with Gasteiger partial charge < -0.3 is 5.73 Å². The lowest BCUT2D eigenvalue weighted by molar-refractivity contribution is 0.505. The number of nitrogens with one attached hydrogen (secondary N) is 1. The lowest BCUT2D eigenvalue weighted by atomic mass is 10.2. The zero-order chi connectivity index (χ0) is 8.27. The van der Waals surface area contributed by atoms with Crippen molar-refractivity contribution < 1.29 is 0 Å². The number of nitrogens with zero attached hydrogens (tertiary/aromatic N) is 2. The Kier molecular flexibility index (Phi) is 2.25. The molecule has 0 aliphatic carbocycles. The Balaban J connectivity index is 2.56. The highest BCUT2D eigenvalue weighted by atomic mass is 15.3. The number of hydrogen-bond acceptors (Lipinski definition) is 2. The highest BCUT2D eigenvalue weighted by Gasteiger charge is 2.04. The van der Waals surface area contributed by atoms with Crippen molar-refractivity contribution in [2.45, 2.75) is 19.4 Å². The Morgan fingerprint density at radius 2 is 2.55 bits per heavy atom. The van der Waals surface area contributed by atoms with E-state index in [4.69, 9.17) is 11.1 Å². The molecule has 0 fully saturated rings. The molecule has 60 valence electrons. The first-order chi connectivity index (χ1) is 5.20. The minimum absolute atomic E-state index is 0.183. The topological polar surface area (TPSA) is 67.7 Å². The molecule has 4 nitrogen and oxygen atoms in total. The summed E-state index contributed by atoms with van der Waals surface area (Å²) >= 11 is 0. The largest absolute Gasteiger partial charge is 0.388 e. The van der Waals surface area contributed by atoms with Crippen molar-refractivity contribution in [2.75, 3.05) is 0 Å². The summed E-state index contributed by atoms with van der Waals surface area (Å²) in [6.45, 7) is 1.98. The second-order valence-electron chi connectivity index (χ2n) is 2.56. The van der Waals surface area contributed by atoms with E-state index < -0.39 is 0 Å². The first-order valence-corrected chi connectivity index (χ1v) is 3.52. The molecule has 1 heterocycles. The van der Waals surface area contributed by atoms with Crippen molar-refractivity contribution in [3.05, 3.63) is 18.5 Å². The molecule has 1 rings (SSSR count). The summed E-state index contributed by atoms with van der Waals surface area (Å²) in [6.07, 6.45) is 4.14. The summed E-state index contributed by atoms with van der Waals surface area (Å²) in [6, 6.07) is 2.04. The predicted octanol–water partition coefficient (Wildman–Crippen LogP) is 0.770. The summed E-state index contributed by atoms with van der Waals surface area (Å²) in [5, 5.41) is 11.1. The van der Waals surface area contributed by atoms with E-state index in [1.807, 2.05) is 19.2 Å². The summed E-state index contributed by atoms with van der Waals surface area (Å²) in [4.78, 5) is 0. The molecule has 0 saturated carbocycles. The highest BCUT2D eigenvalue weighted by Crippen LogP contribution is 2.06. The molecular weight excluding hydrogens is 140 g/mol. The summed E-state index contributed by atoms with van der Waals surface area (Å²) in [7, 11) is 0. The summed E-state index contributed by atoms with van der Waals surface area (Å²) in [5.74, 6) is 0.202. The first-order valence-electron chi connectivity index (χ1n) is 3.52. The van der Waals surface area contributed by atoms with Gasteiger partial charge >= 0.3 is 0 Å². The van der Waals surface area contributed by atoms with E-state index in [9.17, 15) is 0 Å². The van der Waals surface area contributed by atoms with Gasteiger partial charge in [-0.1, -0.05) is 0 Å². The highest BCUT2D eigenvalue weighted by molar-refractivity contribution is 5.77. The molecular formula is C7H12N4. The molecule has 0 radical (unpaired) electrons. The Bertz CT molecular complexity index is 227. The molecule has 0 amide bonds. The second-order valence-corrected chi connectivity index (χ2v) is 2.56. The number of aromatic nitrogens is 2. The normalized spacial score (nSPS) is 12.8. The lowest BCUT2D eigenvalue weighted by Gasteiger charge is -2.09. The number of hydrogen-bond donors (Lipinski definition) is 2. The van der Waals surface area contributed by atoms with Crippen LogP contribution in [0.2, 0.25) is 0 Å². The maximum absolute atomic E-state index is 7.06. The zero-order valence-electron chi connectivity index (χ0n) is 6.49. The van der Waals surface area contributed by atoms with Crippen LogP contribution in [0, 0.1) is 5.41 Å². The van der Waals surface area contributed by atoms with Crippen LogP contribution in [-0.2, 0) is 0 Å². The zero-order valence-corrected chi connectivity index (χ0v) is 6.49. The third-order valence-corrected chi connectivity index (χ3v) is 1.49. The molecule has 0 aliphatic rings. The average molecular weight is 152 g/mol. The standard InChI is InChI=1S/C7H12N4/c1-6(5-7(8)9)11-4-2-3-10-11/h2-4,6H,5H2,1H3,(H3,8,9). The van der Waals surface area contributed by atoms with Crippen LogP contribution in [0.4, 0.5) is 0 Å². The van der Waals surface area contributed by atoms with Gasteiger partial charge in [0.1, 0.15) is 0 Å². The van der Waals surface area contributed by atoms with Gasteiger partial charge in [0.2, 0.25) is 0 Å². The smallest absolute Gasteiger partial charge is 0.0926 e. The van der Waals surface area contributed by atoms with Gasteiger partial charge in [-0.2, -0.15) is 5.10 Å². The third-order valence-electron chi connectivity index (χ3n) is 1.49. The second kappa shape index (κ2) is 3.18. The molecule has 0 saturated heterocycles. The molecule has 3 N–H and O–H groups in total. The molecule has 1 aromatic rings. The SMILES string of the molecule is CC(CC(=N)N)n1cccn1. The maximum atomic E-state index is 7.06. The molecule has 1 atom stereocenters. The Hall–Kier alpha value is -1.32. The lowest BCUT2D eigenvalue weighted by Crippen LogP contribution is -2.16. The molecule has 0 aromatic carbocycles. The molecule has 1 unspecified atom stereocenters. The van der Waals surface area contributed by atoms with Gasteiger partial charge in [0.15, 0.2) is 0 Å². The fourth-order valence-electron chi connectivity index (χ4n) is 0.953.